The topological polar surface area (TPSA) is 79.0 Å². The van der Waals surface area contributed by atoms with E-state index in [1.54, 1.807) is 9.31 Å². The highest BCUT2D eigenvalue weighted by molar-refractivity contribution is 7.88. The van der Waals surface area contributed by atoms with Crippen LogP contribution in [0.1, 0.15) is 24.0 Å². The minimum Gasteiger partial charge on any atom is -0.293 e. The van der Waals surface area contributed by atoms with E-state index in [1.807, 2.05) is 0 Å². The van der Waals surface area contributed by atoms with Crippen molar-refractivity contribution in [2.24, 2.45) is 16.8 Å². The Labute approximate surface area is 150 Å². The maximum absolute atomic E-state index is 11.5. The van der Waals surface area contributed by atoms with Crippen molar-refractivity contribution < 1.29 is 8.42 Å². The summed E-state index contributed by atoms with van der Waals surface area (Å²) in [4.78, 5) is 4.42. The van der Waals surface area contributed by atoms with Gasteiger partial charge in [0, 0.05) is 18.7 Å². The van der Waals surface area contributed by atoms with Gasteiger partial charge < -0.3 is 0 Å². The zero-order valence-electron chi connectivity index (χ0n) is 13.9. The van der Waals surface area contributed by atoms with E-state index in [1.165, 1.54) is 11.8 Å². The fourth-order valence-corrected chi connectivity index (χ4v) is 4.16. The van der Waals surface area contributed by atoms with Gasteiger partial charge in [-0.3, -0.25) is 10.0 Å². The SMILES string of the molecule is CS(=O)(=O)N1CCC(Cc2ccc(C3=NCCN3N)cc2)CC1.Cl. The van der Waals surface area contributed by atoms with Gasteiger partial charge in [-0.1, -0.05) is 24.3 Å². The maximum atomic E-state index is 11.5. The van der Waals surface area contributed by atoms with Gasteiger partial charge in [0.25, 0.3) is 0 Å². The Hall–Kier alpha value is -1.15. The smallest absolute Gasteiger partial charge is 0.211 e. The lowest BCUT2D eigenvalue weighted by molar-refractivity contribution is 0.274. The number of hydrogen-bond donors (Lipinski definition) is 1. The molecular weight excluding hydrogens is 348 g/mol. The first-order valence-electron chi connectivity index (χ1n) is 8.04. The molecule has 24 heavy (non-hydrogen) atoms. The molecule has 0 aliphatic carbocycles. The summed E-state index contributed by atoms with van der Waals surface area (Å²) in [7, 11) is -3.04. The first-order chi connectivity index (χ1) is 10.9. The van der Waals surface area contributed by atoms with Crippen LogP contribution in [0.3, 0.4) is 0 Å². The van der Waals surface area contributed by atoms with Crippen LogP contribution in [-0.2, 0) is 16.4 Å². The molecule has 0 unspecified atom stereocenters. The standard InChI is InChI=1S/C16H24N4O2S.ClH/c1-23(21,22)19-9-6-14(7-10-19)12-13-2-4-15(5-3-13)16-18-8-11-20(16)17;/h2-5,14H,6-12,17H2,1H3;1H. The highest BCUT2D eigenvalue weighted by atomic mass is 35.5. The quantitative estimate of drug-likeness (QED) is 0.807. The third-order valence-electron chi connectivity index (χ3n) is 4.65. The molecule has 0 spiro atoms. The molecule has 2 N–H and O–H groups in total. The molecule has 0 atom stereocenters. The van der Waals surface area contributed by atoms with E-state index in [9.17, 15) is 8.42 Å². The molecule has 0 saturated carbocycles. The molecule has 2 aliphatic rings. The number of nitrogens with two attached hydrogens (primary N) is 1. The van der Waals surface area contributed by atoms with Crippen LogP contribution in [0.15, 0.2) is 29.3 Å². The van der Waals surface area contributed by atoms with Crippen LogP contribution in [-0.4, -0.2) is 56.0 Å². The van der Waals surface area contributed by atoms with Crippen molar-refractivity contribution in [3.05, 3.63) is 35.4 Å². The van der Waals surface area contributed by atoms with Gasteiger partial charge in [-0.05, 0) is 30.7 Å². The Bertz CT molecular complexity index is 683. The predicted molar refractivity (Wildman–Crippen MR) is 98.8 cm³/mol. The van der Waals surface area contributed by atoms with E-state index < -0.39 is 10.0 Å². The number of hydrazine groups is 1. The molecule has 134 valence electrons. The summed E-state index contributed by atoms with van der Waals surface area (Å²) >= 11 is 0. The first kappa shape index (κ1) is 19.2. The first-order valence-corrected chi connectivity index (χ1v) is 9.89. The normalized spacial score (nSPS) is 19.9. The van der Waals surface area contributed by atoms with Crippen molar-refractivity contribution in [3.8, 4) is 0 Å². The minimum absolute atomic E-state index is 0. The number of benzene rings is 1. The Morgan fingerprint density at radius 3 is 2.29 bits per heavy atom. The summed E-state index contributed by atoms with van der Waals surface area (Å²) in [6.07, 6.45) is 4.14. The summed E-state index contributed by atoms with van der Waals surface area (Å²) in [5, 5.41) is 1.69. The van der Waals surface area contributed by atoms with E-state index >= 15 is 0 Å². The van der Waals surface area contributed by atoms with Crippen molar-refractivity contribution in [3.63, 3.8) is 0 Å². The van der Waals surface area contributed by atoms with Crippen LogP contribution in [0.25, 0.3) is 0 Å². The number of piperidine rings is 1. The minimum atomic E-state index is -3.04. The van der Waals surface area contributed by atoms with Gasteiger partial charge in [-0.2, -0.15) is 0 Å². The number of hydrogen-bond acceptors (Lipinski definition) is 5. The molecule has 3 rings (SSSR count). The lowest BCUT2D eigenvalue weighted by Gasteiger charge is -2.30. The zero-order valence-corrected chi connectivity index (χ0v) is 15.5. The van der Waals surface area contributed by atoms with Crippen molar-refractivity contribution in [1.82, 2.24) is 9.31 Å². The predicted octanol–water partition coefficient (Wildman–Crippen LogP) is 1.26. The highest BCUT2D eigenvalue weighted by Crippen LogP contribution is 2.23. The Balaban J connectivity index is 0.00000208. The van der Waals surface area contributed by atoms with Gasteiger partial charge in [0.15, 0.2) is 0 Å². The molecule has 0 radical (unpaired) electrons. The summed E-state index contributed by atoms with van der Waals surface area (Å²) in [6, 6.07) is 8.41. The van der Waals surface area contributed by atoms with Crippen LogP contribution >= 0.6 is 12.4 Å². The zero-order chi connectivity index (χ0) is 16.4. The van der Waals surface area contributed by atoms with E-state index in [4.69, 9.17) is 5.84 Å². The van der Waals surface area contributed by atoms with Crippen molar-refractivity contribution in [1.29, 1.82) is 0 Å². The number of halogens is 1. The maximum Gasteiger partial charge on any atom is 0.211 e. The summed E-state index contributed by atoms with van der Waals surface area (Å²) in [5.41, 5.74) is 2.34. The van der Waals surface area contributed by atoms with Crippen LogP contribution in [0.4, 0.5) is 0 Å². The second kappa shape index (κ2) is 7.82. The number of aliphatic imine (C=N–C) groups is 1. The third-order valence-corrected chi connectivity index (χ3v) is 5.96. The van der Waals surface area contributed by atoms with Crippen LogP contribution in [0, 0.1) is 5.92 Å². The average Bonchev–Trinajstić information content (AvgIpc) is 2.94. The average molecular weight is 373 g/mol. The van der Waals surface area contributed by atoms with Gasteiger partial charge in [-0.15, -0.1) is 12.4 Å². The fraction of sp³-hybridized carbons (Fsp3) is 0.562. The van der Waals surface area contributed by atoms with Crippen LogP contribution < -0.4 is 5.84 Å². The molecule has 1 fully saturated rings. The summed E-state index contributed by atoms with van der Waals surface area (Å²) in [5.74, 6) is 7.30. The van der Waals surface area contributed by atoms with Crippen molar-refractivity contribution >= 4 is 28.3 Å². The van der Waals surface area contributed by atoms with E-state index in [0.29, 0.717) is 19.0 Å². The number of sulfonamides is 1. The molecule has 8 heteroatoms. The molecule has 1 aromatic carbocycles. The number of nitrogens with zero attached hydrogens (tertiary/aromatic N) is 3. The van der Waals surface area contributed by atoms with Gasteiger partial charge in [0.2, 0.25) is 10.0 Å². The second-order valence-electron chi connectivity index (χ2n) is 6.41. The van der Waals surface area contributed by atoms with E-state index in [2.05, 4.69) is 29.3 Å². The summed E-state index contributed by atoms with van der Waals surface area (Å²) < 4.78 is 24.7. The summed E-state index contributed by atoms with van der Waals surface area (Å²) in [6.45, 7) is 2.81. The molecular formula is C16H25ClN4O2S. The molecule has 1 saturated heterocycles. The van der Waals surface area contributed by atoms with Crippen LogP contribution in [0.2, 0.25) is 0 Å². The monoisotopic (exact) mass is 372 g/mol. The van der Waals surface area contributed by atoms with Crippen molar-refractivity contribution in [2.75, 3.05) is 32.4 Å². The second-order valence-corrected chi connectivity index (χ2v) is 8.39. The molecule has 2 heterocycles. The fourth-order valence-electron chi connectivity index (χ4n) is 3.29. The van der Waals surface area contributed by atoms with Gasteiger partial charge >= 0.3 is 0 Å². The number of rotatable bonds is 4. The van der Waals surface area contributed by atoms with Crippen molar-refractivity contribution in [2.45, 2.75) is 19.3 Å². The highest BCUT2D eigenvalue weighted by Gasteiger charge is 2.25. The van der Waals surface area contributed by atoms with Crippen LogP contribution in [0.5, 0.6) is 0 Å². The Morgan fingerprint density at radius 1 is 1.17 bits per heavy atom. The largest absolute Gasteiger partial charge is 0.293 e. The van der Waals surface area contributed by atoms with Gasteiger partial charge in [0.1, 0.15) is 5.84 Å². The van der Waals surface area contributed by atoms with E-state index in [-0.39, 0.29) is 12.4 Å². The Morgan fingerprint density at radius 2 is 1.79 bits per heavy atom. The molecule has 2 aliphatic heterocycles. The molecule has 6 nitrogen and oxygen atoms in total. The Kier molecular flexibility index (Phi) is 6.25. The molecule has 0 aromatic heterocycles. The van der Waals surface area contributed by atoms with E-state index in [0.717, 1.165) is 43.8 Å². The molecule has 0 amide bonds. The van der Waals surface area contributed by atoms with Gasteiger partial charge in [0.05, 0.1) is 19.3 Å². The van der Waals surface area contributed by atoms with Gasteiger partial charge in [-0.25, -0.2) is 18.6 Å². The lowest BCUT2D eigenvalue weighted by Crippen LogP contribution is -2.38. The molecule has 1 aromatic rings. The number of amidine groups is 1. The lowest BCUT2D eigenvalue weighted by atomic mass is 9.90. The molecule has 0 bridgehead atoms. The third kappa shape index (κ3) is 4.47.